The van der Waals surface area contributed by atoms with E-state index in [0.29, 0.717) is 41.5 Å². The molecule has 0 aromatic heterocycles. The molecule has 1 heterocycles. The van der Waals surface area contributed by atoms with Crippen molar-refractivity contribution in [1.29, 1.82) is 0 Å². The van der Waals surface area contributed by atoms with Crippen LogP contribution < -0.4 is 0 Å². The predicted molar refractivity (Wildman–Crippen MR) is 96.3 cm³/mol. The van der Waals surface area contributed by atoms with E-state index in [-0.39, 0.29) is 11.8 Å². The normalized spacial score (nSPS) is 18.2. The number of rotatable bonds is 5. The van der Waals surface area contributed by atoms with Crippen LogP contribution >= 0.6 is 23.2 Å². The fourth-order valence-corrected chi connectivity index (χ4v) is 5.31. The molecule has 1 saturated heterocycles. The van der Waals surface area contributed by atoms with Gasteiger partial charge < -0.3 is 0 Å². The van der Waals surface area contributed by atoms with E-state index in [2.05, 4.69) is 0 Å². The van der Waals surface area contributed by atoms with E-state index in [4.69, 9.17) is 23.2 Å². The quantitative estimate of drug-likeness (QED) is 0.739. The average Bonchev–Trinajstić information content (AvgIpc) is 2.49. The first-order valence-electron chi connectivity index (χ1n) is 7.35. The van der Waals surface area contributed by atoms with Gasteiger partial charge in [0.1, 0.15) is 0 Å². The molecule has 136 valence electrons. The fraction of sp³-hybridized carbons (Fsp3) is 0.571. The Labute approximate surface area is 153 Å². The van der Waals surface area contributed by atoms with Crippen LogP contribution in [-0.2, 0) is 25.8 Å². The van der Waals surface area contributed by atoms with Crippen molar-refractivity contribution in [3.05, 3.63) is 33.8 Å². The average molecular weight is 415 g/mol. The molecule has 0 spiro atoms. The molecule has 0 bridgehead atoms. The third kappa shape index (κ3) is 4.83. The first kappa shape index (κ1) is 19.9. The Balaban J connectivity index is 2.03. The topological polar surface area (TPSA) is 74.8 Å². The highest BCUT2D eigenvalue weighted by atomic mass is 35.5. The standard InChI is InChI=1S/C14H20Cl2N2O4S2/c1-17(23(2,19)20)12-5-7-18(8-6-12)24(21,22)10-11-3-4-13(15)14(16)9-11/h3-4,9,12H,5-8,10H2,1-2H3. The summed E-state index contributed by atoms with van der Waals surface area (Å²) >= 11 is 11.8. The van der Waals surface area contributed by atoms with Gasteiger partial charge in [0.15, 0.2) is 0 Å². The first-order chi connectivity index (χ1) is 11.0. The second-order valence-electron chi connectivity index (χ2n) is 5.91. The van der Waals surface area contributed by atoms with E-state index < -0.39 is 20.0 Å². The van der Waals surface area contributed by atoms with Crippen molar-refractivity contribution in [3.63, 3.8) is 0 Å². The number of benzene rings is 1. The van der Waals surface area contributed by atoms with Crippen molar-refractivity contribution in [3.8, 4) is 0 Å². The lowest BCUT2D eigenvalue weighted by atomic mass is 10.1. The Hall–Kier alpha value is -0.380. The van der Waals surface area contributed by atoms with E-state index in [1.807, 2.05) is 0 Å². The minimum absolute atomic E-state index is 0.156. The molecule has 0 unspecified atom stereocenters. The second-order valence-corrected chi connectivity index (χ2v) is 10.7. The summed E-state index contributed by atoms with van der Waals surface area (Å²) < 4.78 is 51.0. The largest absolute Gasteiger partial charge is 0.218 e. The van der Waals surface area contributed by atoms with Crippen LogP contribution in [0.5, 0.6) is 0 Å². The van der Waals surface area contributed by atoms with Crippen LogP contribution in [-0.4, -0.2) is 57.9 Å². The molecule has 1 fully saturated rings. The molecular weight excluding hydrogens is 395 g/mol. The smallest absolute Gasteiger partial charge is 0.213 e. The van der Waals surface area contributed by atoms with Crippen LogP contribution in [0.2, 0.25) is 10.0 Å². The molecule has 1 aliphatic rings. The molecule has 10 heteroatoms. The van der Waals surface area contributed by atoms with Crippen LogP contribution in [0.4, 0.5) is 0 Å². The third-order valence-electron chi connectivity index (χ3n) is 4.19. The minimum Gasteiger partial charge on any atom is -0.213 e. The lowest BCUT2D eigenvalue weighted by molar-refractivity contribution is 0.239. The van der Waals surface area contributed by atoms with Crippen LogP contribution in [0.1, 0.15) is 18.4 Å². The van der Waals surface area contributed by atoms with Crippen LogP contribution in [0.3, 0.4) is 0 Å². The summed E-state index contributed by atoms with van der Waals surface area (Å²) in [5, 5.41) is 0.695. The first-order valence-corrected chi connectivity index (χ1v) is 11.6. The Bertz CT molecular complexity index is 804. The summed E-state index contributed by atoms with van der Waals surface area (Å²) in [4.78, 5) is 0. The molecule has 1 aromatic carbocycles. The molecule has 24 heavy (non-hydrogen) atoms. The highest BCUT2D eigenvalue weighted by molar-refractivity contribution is 7.88. The Morgan fingerprint density at radius 2 is 1.71 bits per heavy atom. The molecule has 1 aliphatic heterocycles. The van der Waals surface area contributed by atoms with Gasteiger partial charge in [-0.15, -0.1) is 0 Å². The molecule has 0 N–H and O–H groups in total. The number of halogens is 2. The Kier molecular flexibility index (Phi) is 6.21. The summed E-state index contributed by atoms with van der Waals surface area (Å²) in [7, 11) is -5.23. The maximum atomic E-state index is 12.5. The van der Waals surface area contributed by atoms with Gasteiger partial charge >= 0.3 is 0 Å². The lowest BCUT2D eigenvalue weighted by Gasteiger charge is -2.35. The summed E-state index contributed by atoms with van der Waals surface area (Å²) in [6, 6.07) is 4.58. The van der Waals surface area contributed by atoms with Gasteiger partial charge in [-0.25, -0.2) is 25.4 Å². The van der Waals surface area contributed by atoms with Gasteiger partial charge in [0, 0.05) is 26.2 Å². The molecular formula is C14H20Cl2N2O4S2. The van der Waals surface area contributed by atoms with Crippen molar-refractivity contribution in [2.45, 2.75) is 24.6 Å². The number of piperidine rings is 1. The molecule has 0 aliphatic carbocycles. The predicted octanol–water partition coefficient (Wildman–Crippen LogP) is 2.18. The lowest BCUT2D eigenvalue weighted by Crippen LogP contribution is -2.47. The fourth-order valence-electron chi connectivity index (χ4n) is 2.69. The summed E-state index contributed by atoms with van der Waals surface area (Å²) in [5.41, 5.74) is 0.569. The van der Waals surface area contributed by atoms with Gasteiger partial charge in [0.05, 0.1) is 22.1 Å². The number of hydrogen-bond acceptors (Lipinski definition) is 4. The second kappa shape index (κ2) is 7.47. The van der Waals surface area contributed by atoms with Gasteiger partial charge in [-0.2, -0.15) is 0 Å². The summed E-state index contributed by atoms with van der Waals surface area (Å²) in [6.45, 7) is 0.600. The van der Waals surface area contributed by atoms with Crippen LogP contribution in [0.25, 0.3) is 0 Å². The van der Waals surface area contributed by atoms with Crippen LogP contribution in [0, 0.1) is 0 Å². The number of nitrogens with zero attached hydrogens (tertiary/aromatic N) is 2. The van der Waals surface area contributed by atoms with Crippen molar-refractivity contribution in [1.82, 2.24) is 8.61 Å². The van der Waals surface area contributed by atoms with Crippen molar-refractivity contribution in [2.24, 2.45) is 0 Å². The SMILES string of the molecule is CN(C1CCN(S(=O)(=O)Cc2ccc(Cl)c(Cl)c2)CC1)S(C)(=O)=O. The zero-order valence-corrected chi connectivity index (χ0v) is 16.6. The van der Waals surface area contributed by atoms with E-state index in [0.717, 1.165) is 6.26 Å². The highest BCUT2D eigenvalue weighted by Gasteiger charge is 2.32. The maximum Gasteiger partial charge on any atom is 0.218 e. The Morgan fingerprint density at radius 3 is 2.21 bits per heavy atom. The molecule has 1 aromatic rings. The van der Waals surface area contributed by atoms with E-state index >= 15 is 0 Å². The minimum atomic E-state index is -3.49. The van der Waals surface area contributed by atoms with Gasteiger partial charge in [-0.3, -0.25) is 0 Å². The molecule has 0 atom stereocenters. The third-order valence-corrected chi connectivity index (χ3v) is 8.12. The molecule has 6 nitrogen and oxygen atoms in total. The van der Waals surface area contributed by atoms with Gasteiger partial charge in [-0.05, 0) is 30.5 Å². The van der Waals surface area contributed by atoms with E-state index in [1.165, 1.54) is 15.7 Å². The maximum absolute atomic E-state index is 12.5. The zero-order chi connectivity index (χ0) is 18.1. The summed E-state index contributed by atoms with van der Waals surface area (Å²) in [5.74, 6) is -0.156. The molecule has 2 rings (SSSR count). The molecule has 0 amide bonds. The van der Waals surface area contributed by atoms with Crippen molar-refractivity contribution < 1.29 is 16.8 Å². The van der Waals surface area contributed by atoms with Gasteiger partial charge in [-0.1, -0.05) is 29.3 Å². The molecule has 0 saturated carbocycles. The van der Waals surface area contributed by atoms with Crippen LogP contribution in [0.15, 0.2) is 18.2 Å². The van der Waals surface area contributed by atoms with E-state index in [9.17, 15) is 16.8 Å². The highest BCUT2D eigenvalue weighted by Crippen LogP contribution is 2.25. The van der Waals surface area contributed by atoms with Gasteiger partial charge in [0.2, 0.25) is 20.0 Å². The Morgan fingerprint density at radius 1 is 1.12 bits per heavy atom. The van der Waals surface area contributed by atoms with Crippen molar-refractivity contribution >= 4 is 43.2 Å². The number of sulfonamides is 2. The zero-order valence-electron chi connectivity index (χ0n) is 13.4. The monoisotopic (exact) mass is 414 g/mol. The van der Waals surface area contributed by atoms with Crippen molar-refractivity contribution in [2.75, 3.05) is 26.4 Å². The number of hydrogen-bond donors (Lipinski definition) is 0. The van der Waals surface area contributed by atoms with Gasteiger partial charge in [0.25, 0.3) is 0 Å². The van der Waals surface area contributed by atoms with E-state index in [1.54, 1.807) is 18.2 Å². The summed E-state index contributed by atoms with van der Waals surface area (Å²) in [6.07, 6.45) is 2.11. The molecule has 0 radical (unpaired) electrons.